The third kappa shape index (κ3) is 7.80. The lowest BCUT2D eigenvalue weighted by Crippen LogP contribution is -2.38. The van der Waals surface area contributed by atoms with Crippen LogP contribution >= 0.6 is 11.3 Å². The van der Waals surface area contributed by atoms with Gasteiger partial charge in [-0.3, -0.25) is 0 Å². The molecule has 0 fully saturated rings. The van der Waals surface area contributed by atoms with Crippen LogP contribution in [0.1, 0.15) is 18.4 Å². The van der Waals surface area contributed by atoms with E-state index in [0.29, 0.717) is 23.7 Å². The van der Waals surface area contributed by atoms with E-state index in [2.05, 4.69) is 0 Å². The van der Waals surface area contributed by atoms with E-state index in [4.69, 9.17) is 4.74 Å². The highest BCUT2D eigenvalue weighted by atomic mass is 32.2. The first-order chi connectivity index (χ1) is 22.5. The number of benzene rings is 4. The van der Waals surface area contributed by atoms with E-state index in [9.17, 15) is 25.9 Å². The Kier molecular flexibility index (Phi) is 9.31. The van der Waals surface area contributed by atoms with Gasteiger partial charge in [-0.15, -0.1) is 0 Å². The van der Waals surface area contributed by atoms with Crippen LogP contribution in [0.2, 0.25) is 0 Å². The minimum atomic E-state index is -4.51. The molecule has 0 saturated heterocycles. The summed E-state index contributed by atoms with van der Waals surface area (Å²) in [7, 11) is -8.99. The van der Waals surface area contributed by atoms with Gasteiger partial charge in [-0.25, -0.2) is 16.8 Å². The SMILES string of the molecule is CCC(=Cc1sc2ccc(-c3ccccc3)cc2[n+]1CCS(=O)(=O)[O-])C=C1Oc2ccc(-c3ccccc3)cc2N1CCS(=O)(=O)[O-]. The number of ether oxygens (including phenoxy) is 1. The molecule has 0 spiro atoms. The predicted molar refractivity (Wildman–Crippen MR) is 183 cm³/mol. The van der Waals surface area contributed by atoms with Crippen LogP contribution in [0.3, 0.4) is 0 Å². The van der Waals surface area contributed by atoms with Crippen molar-refractivity contribution in [3.63, 3.8) is 0 Å². The number of hydrogen-bond acceptors (Lipinski definition) is 9. The van der Waals surface area contributed by atoms with E-state index in [1.54, 1.807) is 11.0 Å². The number of hydrogen-bond donors (Lipinski definition) is 0. The van der Waals surface area contributed by atoms with Gasteiger partial charge in [0.05, 0.1) is 27.3 Å². The Balaban J connectivity index is 1.42. The summed E-state index contributed by atoms with van der Waals surface area (Å²) in [4.78, 5) is 1.69. The Bertz CT molecular complexity index is 2210. The van der Waals surface area contributed by atoms with Crippen LogP contribution in [0, 0.1) is 0 Å². The summed E-state index contributed by atoms with van der Waals surface area (Å²) < 4.78 is 79.0. The quantitative estimate of drug-likeness (QED) is 0.119. The van der Waals surface area contributed by atoms with Gasteiger partial charge in [-0.05, 0) is 52.4 Å². The van der Waals surface area contributed by atoms with E-state index in [1.807, 2.05) is 115 Å². The zero-order valence-corrected chi connectivity index (χ0v) is 27.9. The van der Waals surface area contributed by atoms with Gasteiger partial charge in [0, 0.05) is 24.8 Å². The van der Waals surface area contributed by atoms with E-state index in [-0.39, 0.29) is 13.1 Å². The van der Waals surface area contributed by atoms with Crippen LogP contribution in [0.15, 0.2) is 115 Å². The Labute approximate surface area is 278 Å². The first-order valence-corrected chi connectivity index (χ1v) is 18.9. The van der Waals surface area contributed by atoms with Gasteiger partial charge in [0.2, 0.25) is 11.4 Å². The number of anilines is 1. The standard InChI is InChI=1S/C35H32N2O7S3/c1-2-25(21-34-36(17-19-46(38,39)40)30-23-28(13-15-32(30)44-34)26-9-5-3-6-10-26)22-35-37(18-20-47(41,42)43)31-24-29(14-16-33(31)45-35)27-11-7-4-8-12-27/h3-16,21-24H,2,17-20H2,1H3,(H-,38,39,40,41,42,43)/p-1. The van der Waals surface area contributed by atoms with Gasteiger partial charge in [0.1, 0.15) is 14.8 Å². The Morgan fingerprint density at radius 1 is 0.809 bits per heavy atom. The maximum atomic E-state index is 11.7. The lowest BCUT2D eigenvalue weighted by molar-refractivity contribution is -0.664. The molecule has 0 radical (unpaired) electrons. The number of aryl methyl sites for hydroxylation is 1. The number of fused-ring (bicyclic) bond motifs is 2. The van der Waals surface area contributed by atoms with Crippen molar-refractivity contribution in [1.29, 1.82) is 0 Å². The average Bonchev–Trinajstić information content (AvgIpc) is 3.58. The lowest BCUT2D eigenvalue weighted by Gasteiger charge is -2.20. The molecule has 0 bridgehead atoms. The molecule has 1 aliphatic rings. The van der Waals surface area contributed by atoms with Crippen molar-refractivity contribution in [1.82, 2.24) is 0 Å². The molecule has 5 aromatic rings. The van der Waals surface area contributed by atoms with Crippen molar-refractivity contribution in [2.75, 3.05) is 23.0 Å². The summed E-state index contributed by atoms with van der Waals surface area (Å²) in [6.45, 7) is 1.83. The highest BCUT2D eigenvalue weighted by Crippen LogP contribution is 2.42. The number of aromatic nitrogens is 1. The monoisotopic (exact) mass is 687 g/mol. The van der Waals surface area contributed by atoms with Crippen molar-refractivity contribution in [2.45, 2.75) is 19.9 Å². The fourth-order valence-electron chi connectivity index (χ4n) is 5.47. The Morgan fingerprint density at radius 2 is 1.43 bits per heavy atom. The van der Waals surface area contributed by atoms with Crippen molar-refractivity contribution < 1.29 is 35.2 Å². The van der Waals surface area contributed by atoms with E-state index < -0.39 is 31.7 Å². The third-order valence-electron chi connectivity index (χ3n) is 7.83. The zero-order chi connectivity index (χ0) is 33.2. The molecule has 0 unspecified atom stereocenters. The number of allylic oxidation sites excluding steroid dienone is 2. The molecular formula is C35H31N2O7S3-. The molecule has 6 rings (SSSR count). The fraction of sp³-hybridized carbons (Fsp3) is 0.171. The molecule has 1 aliphatic heterocycles. The van der Waals surface area contributed by atoms with Crippen molar-refractivity contribution in [3.05, 3.63) is 120 Å². The summed E-state index contributed by atoms with van der Waals surface area (Å²) in [5.74, 6) is -0.288. The molecule has 4 aromatic carbocycles. The van der Waals surface area contributed by atoms with E-state index in [1.165, 1.54) is 11.3 Å². The summed E-state index contributed by atoms with van der Waals surface area (Å²) in [6.07, 6.45) is 4.27. The molecule has 9 nitrogen and oxygen atoms in total. The lowest BCUT2D eigenvalue weighted by atomic mass is 10.0. The fourth-order valence-corrected chi connectivity index (χ4v) is 7.43. The third-order valence-corrected chi connectivity index (χ3v) is 10.3. The molecule has 0 N–H and O–H groups in total. The van der Waals surface area contributed by atoms with Gasteiger partial charge in [0.25, 0.3) is 5.01 Å². The summed E-state index contributed by atoms with van der Waals surface area (Å²) in [5.41, 5.74) is 6.09. The second-order valence-electron chi connectivity index (χ2n) is 11.0. The van der Waals surface area contributed by atoms with Crippen LogP contribution in [0.25, 0.3) is 38.5 Å². The largest absolute Gasteiger partial charge is 0.748 e. The molecular weight excluding hydrogens is 657 g/mol. The predicted octanol–water partition coefficient (Wildman–Crippen LogP) is 6.15. The van der Waals surface area contributed by atoms with Crippen LogP contribution < -0.4 is 14.2 Å². The van der Waals surface area contributed by atoms with E-state index in [0.717, 1.165) is 43.1 Å². The second kappa shape index (κ2) is 13.4. The number of nitrogens with zero attached hydrogens (tertiary/aromatic N) is 2. The summed E-state index contributed by atoms with van der Waals surface area (Å²) in [6, 6.07) is 31.2. The molecule has 47 heavy (non-hydrogen) atoms. The number of thiazole rings is 1. The van der Waals surface area contributed by atoms with Crippen LogP contribution in [0.5, 0.6) is 5.75 Å². The normalized spacial score (nSPS) is 14.5. The Morgan fingerprint density at radius 3 is 2.04 bits per heavy atom. The van der Waals surface area contributed by atoms with Gasteiger partial charge >= 0.3 is 0 Å². The van der Waals surface area contributed by atoms with Crippen molar-refractivity contribution in [3.8, 4) is 28.0 Å². The van der Waals surface area contributed by atoms with Gasteiger partial charge < -0.3 is 18.7 Å². The minimum absolute atomic E-state index is 0.0266. The molecule has 12 heteroatoms. The van der Waals surface area contributed by atoms with Gasteiger partial charge in [0.15, 0.2) is 12.3 Å². The highest BCUT2D eigenvalue weighted by molar-refractivity contribution is 7.85. The summed E-state index contributed by atoms with van der Waals surface area (Å²) >= 11 is 1.47. The molecule has 0 aliphatic carbocycles. The first kappa shape index (κ1) is 32.6. The zero-order valence-electron chi connectivity index (χ0n) is 25.4. The minimum Gasteiger partial charge on any atom is -0.748 e. The smallest absolute Gasteiger partial charge is 0.263 e. The summed E-state index contributed by atoms with van der Waals surface area (Å²) in [5, 5.41) is 0.734. The second-order valence-corrected chi connectivity index (χ2v) is 15.1. The Hall–Kier alpha value is -4.33. The van der Waals surface area contributed by atoms with E-state index >= 15 is 0 Å². The molecule has 1 aromatic heterocycles. The van der Waals surface area contributed by atoms with Crippen LogP contribution in [0.4, 0.5) is 5.69 Å². The molecule has 0 saturated carbocycles. The maximum Gasteiger partial charge on any atom is 0.263 e. The van der Waals surface area contributed by atoms with Crippen molar-refractivity contribution in [2.24, 2.45) is 0 Å². The average molecular weight is 688 g/mol. The first-order valence-electron chi connectivity index (χ1n) is 14.9. The number of rotatable bonds is 11. The van der Waals surface area contributed by atoms with Gasteiger partial charge in [-0.2, -0.15) is 4.57 Å². The van der Waals surface area contributed by atoms with Gasteiger partial charge in [-0.1, -0.05) is 91.1 Å². The van der Waals surface area contributed by atoms with Crippen LogP contribution in [-0.4, -0.2) is 44.0 Å². The molecule has 0 amide bonds. The molecule has 0 atom stereocenters. The van der Waals surface area contributed by atoms with Crippen LogP contribution in [-0.2, 0) is 26.8 Å². The highest BCUT2D eigenvalue weighted by Gasteiger charge is 2.28. The topological polar surface area (TPSA) is 131 Å². The molecule has 2 heterocycles. The van der Waals surface area contributed by atoms with Crippen molar-refractivity contribution >= 4 is 53.6 Å². The molecule has 242 valence electrons. The maximum absolute atomic E-state index is 11.7.